The largest absolute Gasteiger partial charge is 0.508 e. The van der Waals surface area contributed by atoms with E-state index in [2.05, 4.69) is 41.7 Å². The van der Waals surface area contributed by atoms with Crippen molar-refractivity contribution in [2.24, 2.45) is 16.8 Å². The van der Waals surface area contributed by atoms with Gasteiger partial charge in [-0.05, 0) is 62.3 Å². The minimum Gasteiger partial charge on any atom is -0.508 e. The minimum absolute atomic E-state index is 0. The van der Waals surface area contributed by atoms with Crippen LogP contribution in [0, 0.1) is 11.8 Å². The number of phenols is 1. The van der Waals surface area contributed by atoms with Crippen LogP contribution in [0.2, 0.25) is 0 Å². The molecule has 0 spiro atoms. The first-order chi connectivity index (χ1) is 12.5. The lowest BCUT2D eigenvalue weighted by molar-refractivity contribution is 0.0955. The minimum atomic E-state index is -0.159. The van der Waals surface area contributed by atoms with E-state index in [0.29, 0.717) is 24.7 Å². The molecule has 1 amide bonds. The molecule has 1 aliphatic rings. The van der Waals surface area contributed by atoms with Crippen LogP contribution in [0.5, 0.6) is 5.75 Å². The summed E-state index contributed by atoms with van der Waals surface area (Å²) < 4.78 is 0. The maximum Gasteiger partial charge on any atom is 0.251 e. The highest BCUT2D eigenvalue weighted by Crippen LogP contribution is 2.28. The normalized spacial score (nSPS) is 22.5. The van der Waals surface area contributed by atoms with Crippen molar-refractivity contribution in [3.8, 4) is 5.75 Å². The van der Waals surface area contributed by atoms with Crippen LogP contribution in [0.4, 0.5) is 0 Å². The Hall–Kier alpha value is -1.51. The summed E-state index contributed by atoms with van der Waals surface area (Å²) in [5.41, 5.74) is 0.530. The molecule has 1 saturated carbocycles. The first-order valence-electron chi connectivity index (χ1n) is 9.60. The van der Waals surface area contributed by atoms with E-state index >= 15 is 0 Å². The molecule has 0 bridgehead atoms. The van der Waals surface area contributed by atoms with Gasteiger partial charge in [0.2, 0.25) is 0 Å². The number of aliphatic imine (C=N–C) groups is 1. The molecule has 0 aromatic heterocycles. The van der Waals surface area contributed by atoms with E-state index in [4.69, 9.17) is 0 Å². The number of halogens is 1. The quantitative estimate of drug-likeness (QED) is 0.215. The van der Waals surface area contributed by atoms with Crippen LogP contribution < -0.4 is 16.0 Å². The summed E-state index contributed by atoms with van der Waals surface area (Å²) in [5, 5.41) is 18.9. The molecule has 152 valence electrons. The van der Waals surface area contributed by atoms with E-state index in [-0.39, 0.29) is 35.6 Å². The van der Waals surface area contributed by atoms with Crippen molar-refractivity contribution in [3.05, 3.63) is 29.8 Å². The van der Waals surface area contributed by atoms with Crippen LogP contribution in [-0.2, 0) is 0 Å². The van der Waals surface area contributed by atoms with E-state index < -0.39 is 0 Å². The molecule has 0 radical (unpaired) electrons. The maximum atomic E-state index is 12.0. The molecule has 1 aromatic carbocycles. The average molecular weight is 488 g/mol. The van der Waals surface area contributed by atoms with E-state index in [0.717, 1.165) is 24.3 Å². The van der Waals surface area contributed by atoms with Crippen LogP contribution >= 0.6 is 24.0 Å². The lowest BCUT2D eigenvalue weighted by Gasteiger charge is -2.32. The maximum absolute atomic E-state index is 12.0. The number of aromatic hydroxyl groups is 1. The fourth-order valence-electron chi connectivity index (χ4n) is 3.63. The summed E-state index contributed by atoms with van der Waals surface area (Å²) in [7, 11) is 0. The van der Waals surface area contributed by atoms with Gasteiger partial charge in [-0.2, -0.15) is 0 Å². The van der Waals surface area contributed by atoms with Gasteiger partial charge in [-0.15, -0.1) is 24.0 Å². The summed E-state index contributed by atoms with van der Waals surface area (Å²) in [6.07, 6.45) is 3.65. The third-order valence-corrected chi connectivity index (χ3v) is 4.66. The van der Waals surface area contributed by atoms with Gasteiger partial charge in [0.1, 0.15) is 5.75 Å². The summed E-state index contributed by atoms with van der Waals surface area (Å²) in [5.74, 6) is 2.29. The molecule has 0 aliphatic heterocycles. The van der Waals surface area contributed by atoms with Crippen molar-refractivity contribution >= 4 is 35.8 Å². The monoisotopic (exact) mass is 488 g/mol. The Morgan fingerprint density at radius 2 is 1.74 bits per heavy atom. The molecule has 6 nitrogen and oxygen atoms in total. The van der Waals surface area contributed by atoms with Gasteiger partial charge in [0, 0.05) is 24.7 Å². The van der Waals surface area contributed by atoms with Crippen molar-refractivity contribution in [1.82, 2.24) is 16.0 Å². The van der Waals surface area contributed by atoms with E-state index in [1.807, 2.05) is 0 Å². The van der Waals surface area contributed by atoms with Gasteiger partial charge in [0.05, 0.1) is 6.54 Å². The summed E-state index contributed by atoms with van der Waals surface area (Å²) >= 11 is 0. The molecule has 2 unspecified atom stereocenters. The van der Waals surface area contributed by atoms with Gasteiger partial charge in [0.15, 0.2) is 5.96 Å². The van der Waals surface area contributed by atoms with Crippen LogP contribution in [-0.4, -0.2) is 42.6 Å². The topological polar surface area (TPSA) is 85.8 Å². The van der Waals surface area contributed by atoms with E-state index in [9.17, 15) is 9.90 Å². The molecule has 1 aromatic rings. The molecule has 7 heteroatoms. The van der Waals surface area contributed by atoms with Gasteiger partial charge >= 0.3 is 0 Å². The fraction of sp³-hybridized carbons (Fsp3) is 0.600. The van der Waals surface area contributed by atoms with Crippen LogP contribution in [0.3, 0.4) is 0 Å². The van der Waals surface area contributed by atoms with Gasteiger partial charge in [0.25, 0.3) is 5.91 Å². The van der Waals surface area contributed by atoms with Crippen LogP contribution in [0.25, 0.3) is 0 Å². The molecule has 2 rings (SSSR count). The number of benzene rings is 1. The zero-order chi connectivity index (χ0) is 18.9. The lowest BCUT2D eigenvalue weighted by Crippen LogP contribution is -2.46. The smallest absolute Gasteiger partial charge is 0.251 e. The Morgan fingerprint density at radius 3 is 2.33 bits per heavy atom. The summed E-state index contributed by atoms with van der Waals surface area (Å²) in [4.78, 5) is 16.6. The molecule has 27 heavy (non-hydrogen) atoms. The van der Waals surface area contributed by atoms with Gasteiger partial charge in [-0.3, -0.25) is 9.79 Å². The number of phenolic OH excluding ortho intramolecular Hbond substituents is 1. The second-order valence-electron chi connectivity index (χ2n) is 7.32. The molecule has 1 aliphatic carbocycles. The van der Waals surface area contributed by atoms with Crippen molar-refractivity contribution in [3.63, 3.8) is 0 Å². The molecule has 4 N–H and O–H groups in total. The third-order valence-electron chi connectivity index (χ3n) is 4.66. The van der Waals surface area contributed by atoms with E-state index in [1.165, 1.54) is 31.4 Å². The van der Waals surface area contributed by atoms with Crippen LogP contribution in [0.1, 0.15) is 50.4 Å². The Kier molecular flexibility index (Phi) is 10.5. The Bertz CT molecular complexity index is 597. The Morgan fingerprint density at radius 1 is 1.11 bits per heavy atom. The number of nitrogens with zero attached hydrogens (tertiary/aromatic N) is 1. The number of carbonyl (C=O) groups is 1. The first-order valence-corrected chi connectivity index (χ1v) is 9.60. The molecule has 0 heterocycles. The second kappa shape index (κ2) is 12.0. The summed E-state index contributed by atoms with van der Waals surface area (Å²) in [6, 6.07) is 6.67. The van der Waals surface area contributed by atoms with E-state index in [1.54, 1.807) is 12.1 Å². The zero-order valence-electron chi connectivity index (χ0n) is 16.5. The van der Waals surface area contributed by atoms with Gasteiger partial charge in [-0.25, -0.2) is 0 Å². The second-order valence-corrected chi connectivity index (χ2v) is 7.32. The fourth-order valence-corrected chi connectivity index (χ4v) is 3.63. The van der Waals surface area contributed by atoms with Crippen molar-refractivity contribution in [2.75, 3.05) is 19.6 Å². The number of hydrogen-bond acceptors (Lipinski definition) is 3. The Labute approximate surface area is 179 Å². The standard InChI is InChI=1S/C20H32N4O2.HI/c1-4-21-20(24-17-12-14(2)11-15(3)13-17)23-10-9-22-19(26)16-5-7-18(25)8-6-16;/h5-8,14-15,17,25H,4,9-13H2,1-3H3,(H,22,26)(H2,21,23,24);1H. The molecule has 2 atom stereocenters. The van der Waals surface area contributed by atoms with Crippen molar-refractivity contribution < 1.29 is 9.90 Å². The highest BCUT2D eigenvalue weighted by molar-refractivity contribution is 14.0. The number of amides is 1. The van der Waals surface area contributed by atoms with Gasteiger partial charge in [-0.1, -0.05) is 13.8 Å². The number of nitrogens with one attached hydrogen (secondary N) is 3. The predicted octanol–water partition coefficient (Wildman–Crippen LogP) is 3.12. The van der Waals surface area contributed by atoms with Crippen molar-refractivity contribution in [2.45, 2.75) is 46.1 Å². The average Bonchev–Trinajstić information content (AvgIpc) is 2.58. The number of rotatable bonds is 6. The zero-order valence-corrected chi connectivity index (χ0v) is 18.8. The molecular formula is C20H33IN4O2. The predicted molar refractivity (Wildman–Crippen MR) is 121 cm³/mol. The number of hydrogen-bond donors (Lipinski definition) is 4. The highest BCUT2D eigenvalue weighted by atomic mass is 127. The molecule has 0 saturated heterocycles. The lowest BCUT2D eigenvalue weighted by atomic mass is 9.80. The SMILES string of the molecule is CCNC(=NCCNC(=O)c1ccc(O)cc1)NC1CC(C)CC(C)C1.I. The molecular weight excluding hydrogens is 455 g/mol. The van der Waals surface area contributed by atoms with Gasteiger partial charge < -0.3 is 21.1 Å². The third kappa shape index (κ3) is 8.36. The highest BCUT2D eigenvalue weighted by Gasteiger charge is 2.24. The Balaban J connectivity index is 0.00000364. The summed E-state index contributed by atoms with van der Waals surface area (Å²) in [6.45, 7) is 8.46. The first kappa shape index (κ1) is 23.5. The number of guanidine groups is 1. The number of carbonyl (C=O) groups excluding carboxylic acids is 1. The van der Waals surface area contributed by atoms with Crippen molar-refractivity contribution in [1.29, 1.82) is 0 Å². The van der Waals surface area contributed by atoms with Crippen LogP contribution in [0.15, 0.2) is 29.3 Å². The molecule has 1 fully saturated rings.